The fourth-order valence-electron chi connectivity index (χ4n) is 2.53. The lowest BCUT2D eigenvalue weighted by Gasteiger charge is -2.22. The summed E-state index contributed by atoms with van der Waals surface area (Å²) in [6.07, 6.45) is 0.817. The first kappa shape index (κ1) is 11.8. The van der Waals surface area contributed by atoms with Gasteiger partial charge < -0.3 is 4.90 Å². The highest BCUT2D eigenvalue weighted by Crippen LogP contribution is 2.32. The molecule has 0 fully saturated rings. The minimum absolute atomic E-state index is 0.0648. The van der Waals surface area contributed by atoms with Gasteiger partial charge in [-0.05, 0) is 37.1 Å². The molecule has 0 bridgehead atoms. The van der Waals surface area contributed by atoms with Gasteiger partial charge in [-0.1, -0.05) is 24.3 Å². The van der Waals surface area contributed by atoms with Crippen LogP contribution < -0.4 is 4.90 Å². The average Bonchev–Trinajstić information content (AvgIpc) is 2.74. The fourth-order valence-corrected chi connectivity index (χ4v) is 2.53. The van der Waals surface area contributed by atoms with E-state index in [4.69, 9.17) is 0 Å². The minimum atomic E-state index is -0.633. The SMILES string of the molecule is CC1Cc2ccccc2N1C(=O)c1cccc(F)n1. The molecule has 1 aliphatic heterocycles. The average molecular weight is 256 g/mol. The van der Waals surface area contributed by atoms with Crippen molar-refractivity contribution in [2.75, 3.05) is 4.90 Å². The van der Waals surface area contributed by atoms with Crippen LogP contribution in [0.1, 0.15) is 23.0 Å². The Morgan fingerprint density at radius 3 is 2.84 bits per heavy atom. The van der Waals surface area contributed by atoms with Crippen LogP contribution in [0.3, 0.4) is 0 Å². The Hall–Kier alpha value is -2.23. The van der Waals surface area contributed by atoms with Gasteiger partial charge in [0.2, 0.25) is 5.95 Å². The molecule has 3 nitrogen and oxygen atoms in total. The van der Waals surface area contributed by atoms with Gasteiger partial charge in [0.1, 0.15) is 5.69 Å². The molecule has 0 N–H and O–H groups in total. The van der Waals surface area contributed by atoms with E-state index < -0.39 is 5.95 Å². The number of anilines is 1. The molecule has 1 aromatic heterocycles. The van der Waals surface area contributed by atoms with Crippen LogP contribution in [-0.2, 0) is 6.42 Å². The highest BCUT2D eigenvalue weighted by molar-refractivity contribution is 6.06. The summed E-state index contributed by atoms with van der Waals surface area (Å²) >= 11 is 0. The Labute approximate surface area is 110 Å². The summed E-state index contributed by atoms with van der Waals surface area (Å²) < 4.78 is 13.1. The van der Waals surface area contributed by atoms with Crippen LogP contribution in [0.25, 0.3) is 0 Å². The molecule has 0 saturated carbocycles. The quantitative estimate of drug-likeness (QED) is 0.735. The lowest BCUT2D eigenvalue weighted by atomic mass is 10.1. The molecule has 1 amide bonds. The maximum Gasteiger partial charge on any atom is 0.277 e. The van der Waals surface area contributed by atoms with Gasteiger partial charge in [-0.25, -0.2) is 4.98 Å². The predicted octanol–water partition coefficient (Wildman–Crippen LogP) is 2.81. The second kappa shape index (κ2) is 4.46. The normalized spacial score (nSPS) is 17.4. The number of carbonyl (C=O) groups is 1. The van der Waals surface area contributed by atoms with Gasteiger partial charge >= 0.3 is 0 Å². The van der Waals surface area contributed by atoms with Crippen molar-refractivity contribution in [3.8, 4) is 0 Å². The maximum atomic E-state index is 13.1. The van der Waals surface area contributed by atoms with Crippen molar-refractivity contribution in [2.24, 2.45) is 0 Å². The zero-order valence-corrected chi connectivity index (χ0v) is 10.5. The molecule has 4 heteroatoms. The molecule has 0 saturated heterocycles. The zero-order chi connectivity index (χ0) is 13.4. The number of hydrogen-bond acceptors (Lipinski definition) is 2. The van der Waals surface area contributed by atoms with Gasteiger partial charge in [0.05, 0.1) is 0 Å². The molecule has 0 radical (unpaired) electrons. The van der Waals surface area contributed by atoms with E-state index in [-0.39, 0.29) is 17.6 Å². The van der Waals surface area contributed by atoms with E-state index in [0.29, 0.717) is 0 Å². The maximum absolute atomic E-state index is 13.1. The first-order valence-corrected chi connectivity index (χ1v) is 6.21. The summed E-state index contributed by atoms with van der Waals surface area (Å²) in [4.78, 5) is 17.8. The fraction of sp³-hybridized carbons (Fsp3) is 0.200. The largest absolute Gasteiger partial charge is 0.304 e. The number of nitrogens with zero attached hydrogens (tertiary/aromatic N) is 2. The van der Waals surface area contributed by atoms with Crippen LogP contribution in [-0.4, -0.2) is 16.9 Å². The molecule has 0 aliphatic carbocycles. The summed E-state index contributed by atoms with van der Waals surface area (Å²) in [6, 6.07) is 12.1. The van der Waals surface area contributed by atoms with Gasteiger partial charge in [0.25, 0.3) is 5.91 Å². The number of carbonyl (C=O) groups excluding carboxylic acids is 1. The standard InChI is InChI=1S/C15H13FN2O/c1-10-9-11-5-2-3-7-13(11)18(10)15(19)12-6-4-8-14(16)17-12/h2-8,10H,9H2,1H3. The number of amides is 1. The third kappa shape index (κ3) is 1.99. The van der Waals surface area contributed by atoms with Crippen LogP contribution in [0.2, 0.25) is 0 Å². The smallest absolute Gasteiger partial charge is 0.277 e. The Kier molecular flexibility index (Phi) is 2.78. The van der Waals surface area contributed by atoms with Crippen molar-refractivity contribution in [2.45, 2.75) is 19.4 Å². The summed E-state index contributed by atoms with van der Waals surface area (Å²) in [5.74, 6) is -0.886. The number of fused-ring (bicyclic) bond motifs is 1. The zero-order valence-electron chi connectivity index (χ0n) is 10.5. The molecule has 1 aromatic carbocycles. The molecule has 96 valence electrons. The number of benzene rings is 1. The Morgan fingerprint density at radius 2 is 2.05 bits per heavy atom. The first-order valence-electron chi connectivity index (χ1n) is 6.21. The van der Waals surface area contributed by atoms with Crippen LogP contribution in [0, 0.1) is 5.95 Å². The van der Waals surface area contributed by atoms with Crippen molar-refractivity contribution in [1.29, 1.82) is 0 Å². The Balaban J connectivity index is 2.01. The van der Waals surface area contributed by atoms with E-state index in [1.54, 1.807) is 11.0 Å². The van der Waals surface area contributed by atoms with Crippen LogP contribution >= 0.6 is 0 Å². The molecule has 19 heavy (non-hydrogen) atoms. The number of para-hydroxylation sites is 1. The minimum Gasteiger partial charge on any atom is -0.304 e. The Morgan fingerprint density at radius 1 is 1.26 bits per heavy atom. The molecular formula is C15H13FN2O. The lowest BCUT2D eigenvalue weighted by Crippen LogP contribution is -2.36. The van der Waals surface area contributed by atoms with Crippen molar-refractivity contribution < 1.29 is 9.18 Å². The number of rotatable bonds is 1. The van der Waals surface area contributed by atoms with Gasteiger partial charge in [0.15, 0.2) is 0 Å². The predicted molar refractivity (Wildman–Crippen MR) is 70.6 cm³/mol. The molecule has 0 spiro atoms. The van der Waals surface area contributed by atoms with Gasteiger partial charge in [-0.15, -0.1) is 0 Å². The number of aromatic nitrogens is 1. The van der Waals surface area contributed by atoms with E-state index in [0.717, 1.165) is 17.7 Å². The van der Waals surface area contributed by atoms with E-state index in [1.807, 2.05) is 31.2 Å². The summed E-state index contributed by atoms with van der Waals surface area (Å²) in [6.45, 7) is 1.98. The van der Waals surface area contributed by atoms with E-state index in [1.165, 1.54) is 12.1 Å². The van der Waals surface area contributed by atoms with Crippen molar-refractivity contribution in [3.05, 3.63) is 59.7 Å². The first-order chi connectivity index (χ1) is 9.16. The second-order valence-corrected chi connectivity index (χ2v) is 4.70. The molecule has 1 aliphatic rings. The third-order valence-corrected chi connectivity index (χ3v) is 3.36. The van der Waals surface area contributed by atoms with E-state index >= 15 is 0 Å². The highest BCUT2D eigenvalue weighted by Gasteiger charge is 2.31. The highest BCUT2D eigenvalue weighted by atomic mass is 19.1. The van der Waals surface area contributed by atoms with Crippen molar-refractivity contribution in [3.63, 3.8) is 0 Å². The molecule has 1 unspecified atom stereocenters. The Bertz CT molecular complexity index is 642. The van der Waals surface area contributed by atoms with Crippen LogP contribution in [0.5, 0.6) is 0 Å². The second-order valence-electron chi connectivity index (χ2n) is 4.70. The van der Waals surface area contributed by atoms with Crippen LogP contribution in [0.4, 0.5) is 10.1 Å². The summed E-state index contributed by atoms with van der Waals surface area (Å²) in [5, 5.41) is 0. The monoisotopic (exact) mass is 256 g/mol. The summed E-state index contributed by atoms with van der Waals surface area (Å²) in [5.41, 5.74) is 2.18. The van der Waals surface area contributed by atoms with E-state index in [9.17, 15) is 9.18 Å². The summed E-state index contributed by atoms with van der Waals surface area (Å²) in [7, 11) is 0. The molecule has 1 atom stereocenters. The lowest BCUT2D eigenvalue weighted by molar-refractivity contribution is 0.0975. The van der Waals surface area contributed by atoms with Crippen LogP contribution in [0.15, 0.2) is 42.5 Å². The van der Waals surface area contributed by atoms with Crippen molar-refractivity contribution in [1.82, 2.24) is 4.98 Å². The third-order valence-electron chi connectivity index (χ3n) is 3.36. The topological polar surface area (TPSA) is 33.2 Å². The van der Waals surface area contributed by atoms with Gasteiger partial charge in [0, 0.05) is 11.7 Å². The van der Waals surface area contributed by atoms with Gasteiger partial charge in [-0.3, -0.25) is 4.79 Å². The number of hydrogen-bond donors (Lipinski definition) is 0. The molecule has 2 heterocycles. The molecular weight excluding hydrogens is 243 g/mol. The molecule has 2 aromatic rings. The number of halogens is 1. The number of pyridine rings is 1. The molecule has 3 rings (SSSR count). The van der Waals surface area contributed by atoms with E-state index in [2.05, 4.69) is 4.98 Å². The van der Waals surface area contributed by atoms with Gasteiger partial charge in [-0.2, -0.15) is 4.39 Å². The van der Waals surface area contributed by atoms with Crippen molar-refractivity contribution >= 4 is 11.6 Å².